The first kappa shape index (κ1) is 16.1. The molecule has 0 unspecified atom stereocenters. The van der Waals surface area contributed by atoms with Gasteiger partial charge in [0.05, 0.1) is 6.54 Å². The van der Waals surface area contributed by atoms with E-state index < -0.39 is 11.6 Å². The molecule has 1 fully saturated rings. The molecule has 1 atom stereocenters. The Kier molecular flexibility index (Phi) is 4.49. The SMILES string of the molecule is CC(C)C[C@]1(C)NC(=O)N(Cc2c(Cl)cccc2Cl)C1=O. The second-order valence-corrected chi connectivity index (χ2v) is 6.77. The Bertz CT molecular complexity index is 569. The van der Waals surface area contributed by atoms with E-state index in [9.17, 15) is 9.59 Å². The van der Waals surface area contributed by atoms with Crippen LogP contribution >= 0.6 is 23.2 Å². The molecule has 1 aliphatic heterocycles. The van der Waals surface area contributed by atoms with Crippen molar-refractivity contribution >= 4 is 35.1 Å². The van der Waals surface area contributed by atoms with Gasteiger partial charge < -0.3 is 5.32 Å². The maximum Gasteiger partial charge on any atom is 0.325 e. The maximum absolute atomic E-state index is 12.6. The summed E-state index contributed by atoms with van der Waals surface area (Å²) in [4.78, 5) is 25.8. The van der Waals surface area contributed by atoms with Gasteiger partial charge in [-0.05, 0) is 31.4 Å². The highest BCUT2D eigenvalue weighted by atomic mass is 35.5. The van der Waals surface area contributed by atoms with Gasteiger partial charge in [0.15, 0.2) is 0 Å². The van der Waals surface area contributed by atoms with E-state index in [2.05, 4.69) is 5.32 Å². The van der Waals surface area contributed by atoms with E-state index in [-0.39, 0.29) is 12.5 Å². The molecule has 1 aliphatic rings. The number of imide groups is 1. The average molecular weight is 329 g/mol. The first-order valence-electron chi connectivity index (χ1n) is 6.81. The molecular formula is C15H18Cl2N2O2. The molecule has 4 nitrogen and oxygen atoms in total. The molecule has 1 N–H and O–H groups in total. The second kappa shape index (κ2) is 5.85. The van der Waals surface area contributed by atoms with Crippen LogP contribution in [0.1, 0.15) is 32.8 Å². The molecule has 6 heteroatoms. The summed E-state index contributed by atoms with van der Waals surface area (Å²) < 4.78 is 0. The molecule has 3 amide bonds. The number of urea groups is 1. The minimum atomic E-state index is -0.862. The van der Waals surface area contributed by atoms with Crippen LogP contribution in [0.4, 0.5) is 4.79 Å². The van der Waals surface area contributed by atoms with Crippen molar-refractivity contribution in [2.45, 2.75) is 39.3 Å². The summed E-state index contributed by atoms with van der Waals surface area (Å²) in [7, 11) is 0. The highest BCUT2D eigenvalue weighted by molar-refractivity contribution is 6.36. The zero-order chi connectivity index (χ0) is 15.8. The highest BCUT2D eigenvalue weighted by Crippen LogP contribution is 2.30. The first-order chi connectivity index (χ1) is 9.74. The van der Waals surface area contributed by atoms with Crippen molar-refractivity contribution in [3.63, 3.8) is 0 Å². The standard InChI is InChI=1S/C15H18Cl2N2O2/c1-9(2)7-15(3)13(20)19(14(21)18-15)8-10-11(16)5-4-6-12(10)17/h4-6,9H,7-8H2,1-3H3,(H,18,21)/t15-/m0/s1. The summed E-state index contributed by atoms with van der Waals surface area (Å²) in [6.07, 6.45) is 0.588. The Morgan fingerprint density at radius 2 is 1.81 bits per heavy atom. The molecule has 0 saturated carbocycles. The van der Waals surface area contributed by atoms with Crippen LogP contribution in [0.3, 0.4) is 0 Å². The fourth-order valence-electron chi connectivity index (χ4n) is 2.69. The van der Waals surface area contributed by atoms with Crippen LogP contribution in [0.5, 0.6) is 0 Å². The smallest absolute Gasteiger partial charge is 0.323 e. The lowest BCUT2D eigenvalue weighted by Gasteiger charge is -2.23. The van der Waals surface area contributed by atoms with Crippen molar-refractivity contribution in [2.75, 3.05) is 0 Å². The summed E-state index contributed by atoms with van der Waals surface area (Å²) >= 11 is 12.2. The third-order valence-electron chi connectivity index (χ3n) is 3.54. The zero-order valence-electron chi connectivity index (χ0n) is 12.2. The number of amides is 3. The third-order valence-corrected chi connectivity index (χ3v) is 4.25. The Morgan fingerprint density at radius 1 is 1.24 bits per heavy atom. The molecule has 0 spiro atoms. The van der Waals surface area contributed by atoms with E-state index in [0.29, 0.717) is 27.9 Å². The molecule has 1 aromatic rings. The summed E-state index contributed by atoms with van der Waals surface area (Å²) in [5.41, 5.74) is -0.281. The van der Waals surface area contributed by atoms with Gasteiger partial charge in [-0.2, -0.15) is 0 Å². The number of carbonyl (C=O) groups is 2. The summed E-state index contributed by atoms with van der Waals surface area (Å²) in [6.45, 7) is 5.86. The molecule has 21 heavy (non-hydrogen) atoms. The van der Waals surface area contributed by atoms with Gasteiger partial charge in [0, 0.05) is 15.6 Å². The van der Waals surface area contributed by atoms with Crippen molar-refractivity contribution in [2.24, 2.45) is 5.92 Å². The lowest BCUT2D eigenvalue weighted by atomic mass is 9.91. The fourth-order valence-corrected chi connectivity index (χ4v) is 3.20. The molecule has 114 valence electrons. The van der Waals surface area contributed by atoms with Crippen molar-refractivity contribution < 1.29 is 9.59 Å². The van der Waals surface area contributed by atoms with Crippen LogP contribution in [-0.2, 0) is 11.3 Å². The summed E-state index contributed by atoms with van der Waals surface area (Å²) in [6, 6.07) is 4.70. The number of rotatable bonds is 4. The molecule has 1 heterocycles. The molecule has 1 aromatic carbocycles. The number of hydrogen-bond donors (Lipinski definition) is 1. The Morgan fingerprint density at radius 3 is 2.33 bits per heavy atom. The van der Waals surface area contributed by atoms with Crippen LogP contribution in [-0.4, -0.2) is 22.4 Å². The molecular weight excluding hydrogens is 311 g/mol. The number of carbonyl (C=O) groups excluding carboxylic acids is 2. The second-order valence-electron chi connectivity index (χ2n) is 5.95. The van der Waals surface area contributed by atoms with E-state index >= 15 is 0 Å². The predicted octanol–water partition coefficient (Wildman–Crippen LogP) is 3.85. The quantitative estimate of drug-likeness (QED) is 0.853. The number of halogens is 2. The zero-order valence-corrected chi connectivity index (χ0v) is 13.8. The number of nitrogens with zero attached hydrogens (tertiary/aromatic N) is 1. The number of benzene rings is 1. The topological polar surface area (TPSA) is 49.4 Å². The summed E-state index contributed by atoms with van der Waals surface area (Å²) in [5, 5.41) is 3.66. The van der Waals surface area contributed by atoms with E-state index in [0.717, 1.165) is 0 Å². The number of hydrogen-bond acceptors (Lipinski definition) is 2. The lowest BCUT2D eigenvalue weighted by Crippen LogP contribution is -2.44. The average Bonchev–Trinajstić information content (AvgIpc) is 2.55. The first-order valence-corrected chi connectivity index (χ1v) is 7.57. The summed E-state index contributed by atoms with van der Waals surface area (Å²) in [5.74, 6) is 0.0558. The van der Waals surface area contributed by atoms with Gasteiger partial charge in [0.1, 0.15) is 5.54 Å². The van der Waals surface area contributed by atoms with E-state index in [1.54, 1.807) is 25.1 Å². The largest absolute Gasteiger partial charge is 0.325 e. The highest BCUT2D eigenvalue weighted by Gasteiger charge is 2.47. The van der Waals surface area contributed by atoms with Crippen molar-refractivity contribution in [3.05, 3.63) is 33.8 Å². The Hall–Kier alpha value is -1.26. The van der Waals surface area contributed by atoms with Gasteiger partial charge in [0.25, 0.3) is 5.91 Å². The van der Waals surface area contributed by atoms with Gasteiger partial charge in [-0.3, -0.25) is 9.69 Å². The van der Waals surface area contributed by atoms with E-state index in [1.807, 2.05) is 13.8 Å². The normalized spacial score (nSPS) is 22.1. The van der Waals surface area contributed by atoms with E-state index in [1.165, 1.54) is 4.90 Å². The molecule has 2 rings (SSSR count). The van der Waals surface area contributed by atoms with Gasteiger partial charge in [-0.25, -0.2) is 4.79 Å². The minimum Gasteiger partial charge on any atom is -0.323 e. The number of nitrogens with one attached hydrogen (secondary N) is 1. The van der Waals surface area contributed by atoms with Gasteiger partial charge >= 0.3 is 6.03 Å². The van der Waals surface area contributed by atoms with Crippen molar-refractivity contribution in [1.29, 1.82) is 0 Å². The van der Waals surface area contributed by atoms with Gasteiger partial charge in [0.2, 0.25) is 0 Å². The lowest BCUT2D eigenvalue weighted by molar-refractivity contribution is -0.131. The minimum absolute atomic E-state index is 0.0802. The Balaban J connectivity index is 2.26. The molecule has 1 saturated heterocycles. The molecule has 0 bridgehead atoms. The van der Waals surface area contributed by atoms with Crippen LogP contribution in [0, 0.1) is 5.92 Å². The van der Waals surface area contributed by atoms with Crippen molar-refractivity contribution in [1.82, 2.24) is 10.2 Å². The monoisotopic (exact) mass is 328 g/mol. The molecule has 0 aromatic heterocycles. The Labute approximate surface area is 134 Å². The molecule has 0 aliphatic carbocycles. The van der Waals surface area contributed by atoms with E-state index in [4.69, 9.17) is 23.2 Å². The van der Waals surface area contributed by atoms with Gasteiger partial charge in [-0.1, -0.05) is 43.1 Å². The van der Waals surface area contributed by atoms with Crippen molar-refractivity contribution in [3.8, 4) is 0 Å². The van der Waals surface area contributed by atoms with Crippen LogP contribution < -0.4 is 5.32 Å². The maximum atomic E-state index is 12.6. The fraction of sp³-hybridized carbons (Fsp3) is 0.467. The van der Waals surface area contributed by atoms with Crippen LogP contribution in [0.15, 0.2) is 18.2 Å². The van der Waals surface area contributed by atoms with Crippen LogP contribution in [0.25, 0.3) is 0 Å². The molecule has 0 radical (unpaired) electrons. The third kappa shape index (κ3) is 3.16. The van der Waals surface area contributed by atoms with Crippen LogP contribution in [0.2, 0.25) is 10.0 Å². The van der Waals surface area contributed by atoms with Gasteiger partial charge in [-0.15, -0.1) is 0 Å². The predicted molar refractivity (Wildman–Crippen MR) is 83.4 cm³/mol.